The van der Waals surface area contributed by atoms with Crippen LogP contribution in [0.1, 0.15) is 10.6 Å². The van der Waals surface area contributed by atoms with E-state index in [-0.39, 0.29) is 0 Å². The Morgan fingerprint density at radius 2 is 2.11 bits per heavy atom. The Labute approximate surface area is 121 Å². The highest BCUT2D eigenvalue weighted by molar-refractivity contribution is 7.18. The normalized spacial score (nSPS) is 12.9. The molecule has 0 bridgehead atoms. The van der Waals surface area contributed by atoms with Crippen molar-refractivity contribution in [3.63, 3.8) is 0 Å². The average molecular weight is 288 g/mol. The molecular weight excluding hydrogens is 272 g/mol. The molecule has 3 aromatic rings. The van der Waals surface area contributed by atoms with Crippen molar-refractivity contribution in [1.82, 2.24) is 10.3 Å². The van der Waals surface area contributed by atoms with Crippen molar-refractivity contribution in [1.29, 1.82) is 0 Å². The first kappa shape index (κ1) is 12.8. The number of hydrogen-bond donors (Lipinski definition) is 1. The second kappa shape index (κ2) is 5.82. The van der Waals surface area contributed by atoms with E-state index in [1.54, 1.807) is 22.7 Å². The van der Waals surface area contributed by atoms with Crippen LogP contribution in [-0.4, -0.2) is 18.1 Å². The summed E-state index contributed by atoms with van der Waals surface area (Å²) in [6.07, 6.45) is 2.06. The summed E-state index contributed by atoms with van der Waals surface area (Å²) in [6, 6.07) is 11.0. The second-order valence-corrected chi connectivity index (χ2v) is 6.50. The molecule has 0 saturated carbocycles. The van der Waals surface area contributed by atoms with Gasteiger partial charge in [-0.15, -0.1) is 11.3 Å². The summed E-state index contributed by atoms with van der Waals surface area (Å²) in [5, 5.41) is 8.99. The van der Waals surface area contributed by atoms with Gasteiger partial charge in [-0.2, -0.15) is 11.3 Å². The van der Waals surface area contributed by atoms with Crippen molar-refractivity contribution < 1.29 is 0 Å². The predicted molar refractivity (Wildman–Crippen MR) is 84.2 cm³/mol. The molecule has 3 rings (SSSR count). The summed E-state index contributed by atoms with van der Waals surface area (Å²) < 4.78 is 1.28. The van der Waals surface area contributed by atoms with Crippen molar-refractivity contribution in [2.75, 3.05) is 7.05 Å². The molecule has 1 atom stereocenters. The molecule has 1 aromatic carbocycles. The maximum absolute atomic E-state index is 4.71. The Morgan fingerprint density at radius 3 is 2.84 bits per heavy atom. The highest BCUT2D eigenvalue weighted by Gasteiger charge is 2.12. The lowest BCUT2D eigenvalue weighted by molar-refractivity contribution is 0.556. The van der Waals surface area contributed by atoms with Gasteiger partial charge in [0.05, 0.1) is 15.2 Å². The van der Waals surface area contributed by atoms with E-state index in [1.807, 2.05) is 13.1 Å². The molecule has 0 fully saturated rings. The van der Waals surface area contributed by atoms with E-state index in [0.29, 0.717) is 6.04 Å². The topological polar surface area (TPSA) is 24.9 Å². The SMILES string of the molecule is CNC(Cc1ccsc1)Cc1nc2ccccc2s1. The first-order chi connectivity index (χ1) is 9.35. The quantitative estimate of drug-likeness (QED) is 0.774. The predicted octanol–water partition coefficient (Wildman–Crippen LogP) is 3.73. The number of hydrogen-bond acceptors (Lipinski definition) is 4. The van der Waals surface area contributed by atoms with Crippen LogP contribution in [0.15, 0.2) is 41.1 Å². The van der Waals surface area contributed by atoms with Gasteiger partial charge in [0.2, 0.25) is 0 Å². The van der Waals surface area contributed by atoms with Gasteiger partial charge >= 0.3 is 0 Å². The summed E-state index contributed by atoms with van der Waals surface area (Å²) in [6.45, 7) is 0. The van der Waals surface area contributed by atoms with Crippen molar-refractivity contribution in [2.45, 2.75) is 18.9 Å². The minimum absolute atomic E-state index is 0.454. The highest BCUT2D eigenvalue weighted by atomic mass is 32.1. The third kappa shape index (κ3) is 3.03. The Bertz CT molecular complexity index is 610. The van der Waals surface area contributed by atoms with Crippen LogP contribution >= 0.6 is 22.7 Å². The van der Waals surface area contributed by atoms with Crippen LogP contribution in [-0.2, 0) is 12.8 Å². The molecule has 1 N–H and O–H groups in total. The summed E-state index contributed by atoms with van der Waals surface area (Å²) in [5.41, 5.74) is 2.53. The molecule has 0 aliphatic rings. The Morgan fingerprint density at radius 1 is 1.21 bits per heavy atom. The fourth-order valence-electron chi connectivity index (χ4n) is 2.19. The summed E-state index contributed by atoms with van der Waals surface area (Å²) in [4.78, 5) is 4.71. The minimum atomic E-state index is 0.454. The van der Waals surface area contributed by atoms with Gasteiger partial charge in [0.15, 0.2) is 0 Å². The molecule has 0 amide bonds. The molecule has 2 nitrogen and oxygen atoms in total. The van der Waals surface area contributed by atoms with Crippen molar-refractivity contribution in [3.05, 3.63) is 51.7 Å². The van der Waals surface area contributed by atoms with Gasteiger partial charge in [0.1, 0.15) is 0 Å². The molecule has 0 saturated heterocycles. The number of nitrogens with zero attached hydrogens (tertiary/aromatic N) is 1. The van der Waals surface area contributed by atoms with Crippen molar-refractivity contribution in [2.24, 2.45) is 0 Å². The lowest BCUT2D eigenvalue weighted by Crippen LogP contribution is -2.29. The van der Waals surface area contributed by atoms with Gasteiger partial charge in [-0.05, 0) is 48.0 Å². The first-order valence-electron chi connectivity index (χ1n) is 6.38. The molecule has 0 aliphatic heterocycles. The van der Waals surface area contributed by atoms with Crippen LogP contribution in [0.4, 0.5) is 0 Å². The number of likely N-dealkylation sites (N-methyl/N-ethyl adjacent to an activating group) is 1. The van der Waals surface area contributed by atoms with Crippen LogP contribution in [0.25, 0.3) is 10.2 Å². The smallest absolute Gasteiger partial charge is 0.0954 e. The van der Waals surface area contributed by atoms with Gasteiger partial charge < -0.3 is 5.32 Å². The monoisotopic (exact) mass is 288 g/mol. The number of thiazole rings is 1. The number of para-hydroxylation sites is 1. The fraction of sp³-hybridized carbons (Fsp3) is 0.267. The maximum Gasteiger partial charge on any atom is 0.0954 e. The number of benzene rings is 1. The molecule has 2 aromatic heterocycles. The molecule has 19 heavy (non-hydrogen) atoms. The summed E-state index contributed by atoms with van der Waals surface area (Å²) >= 11 is 3.57. The van der Waals surface area contributed by atoms with Crippen molar-refractivity contribution in [3.8, 4) is 0 Å². The van der Waals surface area contributed by atoms with Gasteiger partial charge in [-0.3, -0.25) is 0 Å². The molecule has 2 heterocycles. The Balaban J connectivity index is 1.74. The number of rotatable bonds is 5. The van der Waals surface area contributed by atoms with Crippen LogP contribution in [0.2, 0.25) is 0 Å². The third-order valence-corrected chi connectivity index (χ3v) is 5.02. The van der Waals surface area contributed by atoms with Crippen LogP contribution < -0.4 is 5.32 Å². The molecule has 0 aliphatic carbocycles. The molecule has 4 heteroatoms. The summed E-state index contributed by atoms with van der Waals surface area (Å²) in [5.74, 6) is 0. The fourth-order valence-corrected chi connectivity index (χ4v) is 3.92. The first-order valence-corrected chi connectivity index (χ1v) is 8.14. The minimum Gasteiger partial charge on any atom is -0.316 e. The molecule has 0 spiro atoms. The van der Waals surface area contributed by atoms with E-state index in [2.05, 4.69) is 40.3 Å². The maximum atomic E-state index is 4.71. The van der Waals surface area contributed by atoms with Crippen LogP contribution in [0.5, 0.6) is 0 Å². The van der Waals surface area contributed by atoms with Gasteiger partial charge in [0, 0.05) is 12.5 Å². The Hall–Kier alpha value is -1.23. The van der Waals surface area contributed by atoms with E-state index in [9.17, 15) is 0 Å². The second-order valence-electron chi connectivity index (χ2n) is 4.60. The van der Waals surface area contributed by atoms with E-state index in [0.717, 1.165) is 18.4 Å². The molecule has 1 unspecified atom stereocenters. The van der Waals surface area contributed by atoms with E-state index < -0.39 is 0 Å². The molecular formula is C15H16N2S2. The highest BCUT2D eigenvalue weighted by Crippen LogP contribution is 2.23. The lowest BCUT2D eigenvalue weighted by atomic mass is 10.1. The zero-order chi connectivity index (χ0) is 13.1. The average Bonchev–Trinajstić information content (AvgIpc) is 3.06. The van der Waals surface area contributed by atoms with E-state index >= 15 is 0 Å². The third-order valence-electron chi connectivity index (χ3n) is 3.23. The molecule has 0 radical (unpaired) electrons. The number of thiophene rings is 1. The molecule has 98 valence electrons. The Kier molecular flexibility index (Phi) is 3.92. The number of fused-ring (bicyclic) bond motifs is 1. The zero-order valence-electron chi connectivity index (χ0n) is 10.8. The standard InChI is InChI=1S/C15H16N2S2/c1-16-12(8-11-6-7-18-10-11)9-15-17-13-4-2-3-5-14(13)19-15/h2-7,10,12,16H,8-9H2,1H3. The van der Waals surface area contributed by atoms with Crippen molar-refractivity contribution >= 4 is 32.9 Å². The lowest BCUT2D eigenvalue weighted by Gasteiger charge is -2.13. The van der Waals surface area contributed by atoms with Gasteiger partial charge in [-0.25, -0.2) is 4.98 Å². The number of nitrogens with one attached hydrogen (secondary N) is 1. The van der Waals surface area contributed by atoms with Crippen LogP contribution in [0, 0.1) is 0 Å². The van der Waals surface area contributed by atoms with Crippen LogP contribution in [0.3, 0.4) is 0 Å². The number of aromatic nitrogens is 1. The van der Waals surface area contributed by atoms with E-state index in [4.69, 9.17) is 4.98 Å². The zero-order valence-corrected chi connectivity index (χ0v) is 12.4. The largest absolute Gasteiger partial charge is 0.316 e. The summed E-state index contributed by atoms with van der Waals surface area (Å²) in [7, 11) is 2.03. The van der Waals surface area contributed by atoms with Gasteiger partial charge in [-0.1, -0.05) is 12.1 Å². The van der Waals surface area contributed by atoms with Gasteiger partial charge in [0.25, 0.3) is 0 Å². The van der Waals surface area contributed by atoms with E-state index in [1.165, 1.54) is 15.3 Å².